The van der Waals surface area contributed by atoms with Crippen molar-refractivity contribution in [3.05, 3.63) is 188 Å². The molecule has 0 aliphatic heterocycles. The lowest BCUT2D eigenvalue weighted by atomic mass is 10.1. The van der Waals surface area contributed by atoms with E-state index in [-0.39, 0.29) is 54.8 Å². The molecule has 0 fully saturated rings. The number of rotatable bonds is 15. The van der Waals surface area contributed by atoms with Gasteiger partial charge in [0.1, 0.15) is 28.3 Å². The van der Waals surface area contributed by atoms with Crippen molar-refractivity contribution in [2.45, 2.75) is 106 Å². The molecule has 0 radical (unpaired) electrons. The van der Waals surface area contributed by atoms with E-state index in [1.807, 2.05) is 116 Å². The minimum absolute atomic E-state index is 0. The number of nitrogens with two attached hydrogens (primary N) is 1. The molecular formula is C64H69Cl5N6O9. The second-order valence-electron chi connectivity index (χ2n) is 22.0. The molecule has 0 aliphatic rings. The number of halogens is 5. The van der Waals surface area contributed by atoms with Gasteiger partial charge in [0.05, 0.1) is 40.9 Å². The predicted octanol–water partition coefficient (Wildman–Crippen LogP) is 16.4. The van der Waals surface area contributed by atoms with Crippen LogP contribution in [0.3, 0.4) is 0 Å². The maximum Gasteiger partial charge on any atom is 0.338 e. The van der Waals surface area contributed by atoms with Gasteiger partial charge in [-0.2, -0.15) is 0 Å². The third-order valence-electron chi connectivity index (χ3n) is 11.1. The van der Waals surface area contributed by atoms with Crippen LogP contribution in [0.1, 0.15) is 107 Å². The van der Waals surface area contributed by atoms with Gasteiger partial charge in [0.25, 0.3) is 5.91 Å². The van der Waals surface area contributed by atoms with Crippen molar-refractivity contribution >= 4 is 82.6 Å². The first-order valence-electron chi connectivity index (χ1n) is 26.5. The average Bonchev–Trinajstić information content (AvgIpc) is 3.51. The molecule has 84 heavy (non-hydrogen) atoms. The first-order chi connectivity index (χ1) is 39.0. The van der Waals surface area contributed by atoms with E-state index in [0.29, 0.717) is 78.8 Å². The number of hydrogen-bond donors (Lipinski definition) is 2. The van der Waals surface area contributed by atoms with Gasteiger partial charge in [-0.25, -0.2) is 14.2 Å². The number of ether oxygens (including phenoxy) is 5. The molecule has 1 amide bonds. The third-order valence-corrected chi connectivity index (χ3v) is 12.0. The van der Waals surface area contributed by atoms with Gasteiger partial charge in [0, 0.05) is 51.1 Å². The van der Waals surface area contributed by atoms with Crippen LogP contribution in [0.4, 0.5) is 0 Å². The Hall–Kier alpha value is -7.37. The summed E-state index contributed by atoms with van der Waals surface area (Å²) < 4.78 is 31.3. The second-order valence-corrected chi connectivity index (χ2v) is 23.8. The van der Waals surface area contributed by atoms with Gasteiger partial charge >= 0.3 is 17.9 Å². The fourth-order valence-electron chi connectivity index (χ4n) is 7.51. The number of hydrogen-bond acceptors (Lipinski definition) is 12. The third kappa shape index (κ3) is 21.7. The smallest absolute Gasteiger partial charge is 0.338 e. The van der Waals surface area contributed by atoms with Crippen molar-refractivity contribution in [3.8, 4) is 56.9 Å². The van der Waals surface area contributed by atoms with Gasteiger partial charge in [0.15, 0.2) is 0 Å². The van der Waals surface area contributed by atoms with E-state index in [4.69, 9.17) is 75.8 Å². The number of amides is 1. The largest absolute Gasteiger partial charge is 0.460 e. The number of benzene rings is 6. The zero-order valence-electron chi connectivity index (χ0n) is 48.6. The Labute approximate surface area is 517 Å². The topological polar surface area (TPSA) is 188 Å². The monoisotopic (exact) mass is 1240 g/mol. The number of nitrogens with zero attached hydrogens (tertiary/aromatic N) is 4. The Bertz CT molecular complexity index is 3470. The number of aryl methyl sites for hydroxylation is 2. The van der Waals surface area contributed by atoms with Gasteiger partial charge < -0.3 is 34.7 Å². The number of carbonyl (C=O) groups is 4. The summed E-state index contributed by atoms with van der Waals surface area (Å²) >= 11 is 24.8. The highest BCUT2D eigenvalue weighted by Crippen LogP contribution is 2.37. The lowest BCUT2D eigenvalue weighted by Crippen LogP contribution is -2.29. The molecule has 2 heterocycles. The zero-order chi connectivity index (χ0) is 60.8. The molecule has 15 nitrogen and oxygen atoms in total. The maximum absolute atomic E-state index is 12.5. The van der Waals surface area contributed by atoms with Gasteiger partial charge in [0.2, 0.25) is 11.8 Å². The normalized spacial score (nSPS) is 11.1. The fourth-order valence-corrected chi connectivity index (χ4v) is 8.54. The summed E-state index contributed by atoms with van der Waals surface area (Å²) in [4.78, 5) is 47.4. The summed E-state index contributed by atoms with van der Waals surface area (Å²) in [6.07, 6.45) is 4.12. The van der Waals surface area contributed by atoms with E-state index in [1.165, 1.54) is 0 Å². The summed E-state index contributed by atoms with van der Waals surface area (Å²) in [6.45, 7) is 21.0. The fraction of sp³-hybridized carbons (Fsp3) is 0.281. The number of nitrogens with one attached hydrogen (secondary N) is 1. The van der Waals surface area contributed by atoms with Crippen molar-refractivity contribution in [1.82, 2.24) is 24.9 Å². The SMILES string of the molecule is CC(C)(C)OC(=O)CCN.Cc1ccc(-c2cn(-c3cc(Cl)cc(Cl)c3)nc2Oc2ccc(C(=O)NCCC(=O)OC(C)(C)C)cc2)cc1.Cc1ccc(-c2cn(-c3cc(Cl)cc(Cl)c3)nc2Oc2ccc(C(=O)OC(C)(C)C)cc2)cc1.Cl. The molecule has 0 unspecified atom stereocenters. The summed E-state index contributed by atoms with van der Waals surface area (Å²) in [5, 5.41) is 14.0. The molecule has 8 aromatic rings. The average molecular weight is 1240 g/mol. The molecular weight excluding hydrogens is 1170 g/mol. The predicted molar refractivity (Wildman–Crippen MR) is 335 cm³/mol. The van der Waals surface area contributed by atoms with Crippen molar-refractivity contribution < 1.29 is 42.9 Å². The Kier molecular flexibility index (Phi) is 24.0. The van der Waals surface area contributed by atoms with Crippen molar-refractivity contribution in [1.29, 1.82) is 0 Å². The quantitative estimate of drug-likeness (QED) is 0.0731. The summed E-state index contributed by atoms with van der Waals surface area (Å²) in [5.74, 6) is 0.548. The van der Waals surface area contributed by atoms with Crippen LogP contribution < -0.4 is 20.5 Å². The van der Waals surface area contributed by atoms with Gasteiger partial charge in [-0.15, -0.1) is 22.6 Å². The van der Waals surface area contributed by atoms with Crippen LogP contribution in [0.2, 0.25) is 20.1 Å². The van der Waals surface area contributed by atoms with Crippen molar-refractivity contribution in [2.75, 3.05) is 13.1 Å². The van der Waals surface area contributed by atoms with E-state index in [2.05, 4.69) is 15.5 Å². The van der Waals surface area contributed by atoms with E-state index in [0.717, 1.165) is 33.4 Å². The number of esters is 3. The molecule has 0 saturated carbocycles. The van der Waals surface area contributed by atoms with Crippen molar-refractivity contribution in [2.24, 2.45) is 5.73 Å². The van der Waals surface area contributed by atoms with E-state index in [9.17, 15) is 19.2 Å². The molecule has 0 atom stereocenters. The molecule has 20 heteroatoms. The molecule has 2 aromatic heterocycles. The Morgan fingerprint density at radius 2 is 0.857 bits per heavy atom. The Morgan fingerprint density at radius 1 is 0.500 bits per heavy atom. The molecule has 0 aliphatic carbocycles. The summed E-state index contributed by atoms with van der Waals surface area (Å²) in [5.41, 5.74) is 11.6. The van der Waals surface area contributed by atoms with E-state index in [1.54, 1.807) is 115 Å². The molecule has 8 rings (SSSR count). The lowest BCUT2D eigenvalue weighted by molar-refractivity contribution is -0.155. The number of aromatic nitrogens is 4. The first kappa shape index (κ1) is 67.4. The van der Waals surface area contributed by atoms with Gasteiger partial charge in [-0.1, -0.05) is 106 Å². The highest BCUT2D eigenvalue weighted by molar-refractivity contribution is 6.35. The second kappa shape index (κ2) is 29.9. The van der Waals surface area contributed by atoms with E-state index >= 15 is 0 Å². The summed E-state index contributed by atoms with van der Waals surface area (Å²) in [7, 11) is 0. The molecule has 0 spiro atoms. The minimum Gasteiger partial charge on any atom is -0.460 e. The van der Waals surface area contributed by atoms with Crippen LogP contribution in [-0.4, -0.2) is 73.3 Å². The minimum atomic E-state index is -0.564. The van der Waals surface area contributed by atoms with Crippen molar-refractivity contribution in [3.63, 3.8) is 0 Å². The molecule has 0 bridgehead atoms. The van der Waals surface area contributed by atoms with E-state index < -0.39 is 11.2 Å². The molecule has 3 N–H and O–H groups in total. The number of carbonyl (C=O) groups excluding carboxylic acids is 4. The highest BCUT2D eigenvalue weighted by Gasteiger charge is 2.22. The van der Waals surface area contributed by atoms with Crippen LogP contribution >= 0.6 is 58.8 Å². The van der Waals surface area contributed by atoms with Crippen LogP contribution in [0.15, 0.2) is 146 Å². The Morgan fingerprint density at radius 3 is 1.21 bits per heavy atom. The molecule has 444 valence electrons. The maximum atomic E-state index is 12.5. The Balaban J connectivity index is 0.000000263. The van der Waals surface area contributed by atoms with Crippen LogP contribution in [0, 0.1) is 13.8 Å². The van der Waals surface area contributed by atoms with Crippen LogP contribution in [-0.2, 0) is 23.8 Å². The van der Waals surface area contributed by atoms with Crippen LogP contribution in [0.5, 0.6) is 23.3 Å². The highest BCUT2D eigenvalue weighted by atomic mass is 35.5. The molecule has 6 aromatic carbocycles. The zero-order valence-corrected chi connectivity index (χ0v) is 52.5. The lowest BCUT2D eigenvalue weighted by Gasteiger charge is -2.19. The first-order valence-corrected chi connectivity index (χ1v) is 28.0. The summed E-state index contributed by atoms with van der Waals surface area (Å²) in [6, 6.07) is 40.0. The molecule has 0 saturated heterocycles. The van der Waals surface area contributed by atoms with Gasteiger partial charge in [-0.3, -0.25) is 14.4 Å². The van der Waals surface area contributed by atoms with Crippen LogP contribution in [0.25, 0.3) is 33.6 Å². The standard InChI is InChI=1S/C30H29Cl2N3O4.C27H24Cl2N2O3.C7H15NO2.ClH/c1-19-5-7-20(8-6-19)26-18-35(24-16-22(31)15-23(32)17-24)34-29(26)38-25-11-9-21(10-12-25)28(37)33-14-13-27(36)39-30(2,3)4;1-17-5-7-18(8-6-17)24-16-31(22-14-20(28)13-21(29)15-22)30-25(24)33-23-11-9-19(10-12-23)26(32)34-27(2,3)4;1-7(2,3)10-6(9)4-5-8;/h5-12,15-18H,13-14H2,1-4H3,(H,33,37);5-16H,1-4H3;4-5,8H2,1-3H3;1H. The van der Waals surface area contributed by atoms with Gasteiger partial charge in [-0.05, 0) is 172 Å².